The van der Waals surface area contributed by atoms with Crippen molar-refractivity contribution in [2.24, 2.45) is 0 Å². The van der Waals surface area contributed by atoms with Crippen molar-refractivity contribution in [1.29, 1.82) is 0 Å². The van der Waals surface area contributed by atoms with Gasteiger partial charge >= 0.3 is 0 Å². The van der Waals surface area contributed by atoms with Gasteiger partial charge in [0, 0.05) is 11.1 Å². The number of Topliss-reactive ketones (excluding diaryl/α,β-unsaturated/α-hetero) is 1. The van der Waals surface area contributed by atoms with Crippen LogP contribution < -0.4 is 14.2 Å². The van der Waals surface area contributed by atoms with Gasteiger partial charge in [0.05, 0.1) is 12.2 Å². The fourth-order valence-electron chi connectivity index (χ4n) is 4.21. The average molecular weight is 461 g/mol. The largest absolute Gasteiger partial charge is 0.488 e. The number of fused-ring (bicyclic) bond motifs is 1. The van der Waals surface area contributed by atoms with Crippen molar-refractivity contribution >= 4 is 5.78 Å². The lowest BCUT2D eigenvalue weighted by Gasteiger charge is -2.33. The van der Waals surface area contributed by atoms with Crippen molar-refractivity contribution < 1.29 is 24.1 Å². The summed E-state index contributed by atoms with van der Waals surface area (Å²) in [5.41, 5.74) is 4.81. The Morgan fingerprint density at radius 3 is 2.50 bits per heavy atom. The minimum atomic E-state index is -0.259. The molecule has 0 atom stereocenters. The molecule has 34 heavy (non-hydrogen) atoms. The van der Waals surface area contributed by atoms with E-state index in [9.17, 15) is 9.90 Å². The Balaban J connectivity index is 1.57. The van der Waals surface area contributed by atoms with Crippen LogP contribution in [0.25, 0.3) is 0 Å². The first-order valence-electron chi connectivity index (χ1n) is 11.7. The number of aryl methyl sites for hydroxylation is 1. The quantitative estimate of drug-likeness (QED) is 0.434. The van der Waals surface area contributed by atoms with Gasteiger partial charge in [-0.2, -0.15) is 0 Å². The second-order valence-electron chi connectivity index (χ2n) is 9.42. The van der Waals surface area contributed by atoms with Gasteiger partial charge in [0.25, 0.3) is 0 Å². The van der Waals surface area contributed by atoms with E-state index in [1.807, 2.05) is 56.3 Å². The topological polar surface area (TPSA) is 65.0 Å². The fourth-order valence-corrected chi connectivity index (χ4v) is 4.21. The Morgan fingerprint density at radius 2 is 1.76 bits per heavy atom. The van der Waals surface area contributed by atoms with E-state index in [1.54, 1.807) is 12.1 Å². The van der Waals surface area contributed by atoms with Crippen molar-refractivity contribution in [3.63, 3.8) is 0 Å². The van der Waals surface area contributed by atoms with Crippen LogP contribution in [0.3, 0.4) is 0 Å². The average Bonchev–Trinajstić information content (AvgIpc) is 2.83. The van der Waals surface area contributed by atoms with Crippen molar-refractivity contribution in [3.05, 3.63) is 88.0 Å². The first-order valence-corrected chi connectivity index (χ1v) is 11.7. The van der Waals surface area contributed by atoms with Gasteiger partial charge in [0.15, 0.2) is 6.61 Å². The van der Waals surface area contributed by atoms with E-state index in [2.05, 4.69) is 13.8 Å². The lowest BCUT2D eigenvalue weighted by molar-refractivity contribution is 0.0812. The van der Waals surface area contributed by atoms with Crippen LogP contribution >= 0.6 is 0 Å². The molecule has 0 spiro atoms. The number of carbonyl (C=O) groups is 1. The fraction of sp³-hybridized carbons (Fsp3) is 0.345. The zero-order chi connectivity index (χ0) is 24.3. The van der Waals surface area contributed by atoms with E-state index in [0.717, 1.165) is 40.8 Å². The molecule has 178 valence electrons. The molecule has 0 fully saturated rings. The third-order valence-electron chi connectivity index (χ3n) is 6.38. The molecule has 0 aromatic heterocycles. The Morgan fingerprint density at radius 1 is 1.00 bits per heavy atom. The van der Waals surface area contributed by atoms with Crippen molar-refractivity contribution in [2.75, 3.05) is 6.61 Å². The third-order valence-corrected chi connectivity index (χ3v) is 6.38. The Kier molecular flexibility index (Phi) is 6.94. The van der Waals surface area contributed by atoms with Gasteiger partial charge in [-0.05, 0) is 75.4 Å². The highest BCUT2D eigenvalue weighted by molar-refractivity contribution is 6.00. The van der Waals surface area contributed by atoms with Gasteiger partial charge in [-0.3, -0.25) is 4.79 Å². The van der Waals surface area contributed by atoms with Crippen LogP contribution in [0.15, 0.2) is 54.6 Å². The SMILES string of the molecule is Cc1ccc(C(=O)COc2c(CO)ccc3c2CCC(C)(C)O3)c(OCc2ccccc2)c1C. The normalized spacial score (nSPS) is 14.1. The zero-order valence-corrected chi connectivity index (χ0v) is 20.3. The first-order chi connectivity index (χ1) is 16.3. The number of aliphatic hydroxyl groups excluding tert-OH is 1. The molecule has 1 aliphatic heterocycles. The van der Waals surface area contributed by atoms with Crippen molar-refractivity contribution in [1.82, 2.24) is 0 Å². The van der Waals surface area contributed by atoms with Gasteiger partial charge in [-0.25, -0.2) is 0 Å². The Bertz CT molecular complexity index is 1180. The van der Waals surface area contributed by atoms with Crippen LogP contribution in [0, 0.1) is 13.8 Å². The number of ether oxygens (including phenoxy) is 3. The summed E-state index contributed by atoms with van der Waals surface area (Å²) in [6, 6.07) is 17.3. The maximum Gasteiger partial charge on any atom is 0.203 e. The summed E-state index contributed by atoms with van der Waals surface area (Å²) in [5, 5.41) is 9.87. The van der Waals surface area contributed by atoms with Crippen molar-refractivity contribution in [3.8, 4) is 17.2 Å². The summed E-state index contributed by atoms with van der Waals surface area (Å²) in [4.78, 5) is 13.3. The maximum absolute atomic E-state index is 13.3. The molecule has 3 aromatic carbocycles. The number of carbonyl (C=O) groups excluding carboxylic acids is 1. The molecule has 0 saturated heterocycles. The number of benzene rings is 3. The monoisotopic (exact) mass is 460 g/mol. The van der Waals surface area contributed by atoms with E-state index in [1.165, 1.54) is 0 Å². The lowest BCUT2D eigenvalue weighted by atomic mass is 9.92. The van der Waals surface area contributed by atoms with Crippen LogP contribution in [0.1, 0.15) is 58.4 Å². The van der Waals surface area contributed by atoms with Gasteiger partial charge < -0.3 is 19.3 Å². The molecule has 5 nitrogen and oxygen atoms in total. The zero-order valence-electron chi connectivity index (χ0n) is 20.3. The van der Waals surface area contributed by atoms with E-state index in [-0.39, 0.29) is 24.6 Å². The van der Waals surface area contributed by atoms with E-state index in [4.69, 9.17) is 14.2 Å². The second kappa shape index (κ2) is 9.90. The van der Waals surface area contributed by atoms with Crippen LogP contribution in [0.4, 0.5) is 0 Å². The highest BCUT2D eigenvalue weighted by atomic mass is 16.5. The maximum atomic E-state index is 13.3. The Hall–Kier alpha value is -3.31. The molecule has 0 radical (unpaired) electrons. The summed E-state index contributed by atoms with van der Waals surface area (Å²) in [5.74, 6) is 1.69. The summed E-state index contributed by atoms with van der Waals surface area (Å²) >= 11 is 0. The molecular formula is C29H32O5. The first kappa shape index (κ1) is 23.8. The van der Waals surface area contributed by atoms with Crippen LogP contribution in [-0.4, -0.2) is 23.1 Å². The minimum absolute atomic E-state index is 0.156. The number of ketones is 1. The van der Waals surface area contributed by atoms with Crippen molar-refractivity contribution in [2.45, 2.75) is 59.4 Å². The number of rotatable bonds is 8. The highest BCUT2D eigenvalue weighted by Crippen LogP contribution is 2.40. The van der Waals surface area contributed by atoms with Crippen LogP contribution in [0.5, 0.6) is 17.2 Å². The predicted molar refractivity (Wildman–Crippen MR) is 132 cm³/mol. The molecule has 0 saturated carbocycles. The second-order valence-corrected chi connectivity index (χ2v) is 9.42. The van der Waals surface area contributed by atoms with E-state index in [0.29, 0.717) is 29.2 Å². The third kappa shape index (κ3) is 5.10. The summed E-state index contributed by atoms with van der Waals surface area (Å²) in [6.07, 6.45) is 1.59. The molecule has 4 rings (SSSR count). The number of hydrogen-bond donors (Lipinski definition) is 1. The van der Waals surface area contributed by atoms with Gasteiger partial charge in [-0.1, -0.05) is 36.4 Å². The molecule has 0 aliphatic carbocycles. The smallest absolute Gasteiger partial charge is 0.203 e. The lowest BCUT2D eigenvalue weighted by Crippen LogP contribution is -2.33. The summed E-state index contributed by atoms with van der Waals surface area (Å²) in [6.45, 7) is 8.12. The molecule has 1 aliphatic rings. The minimum Gasteiger partial charge on any atom is -0.488 e. The molecule has 1 heterocycles. The van der Waals surface area contributed by atoms with Crippen LogP contribution in [-0.2, 0) is 19.6 Å². The molecule has 3 aromatic rings. The summed E-state index contributed by atoms with van der Waals surface area (Å²) < 4.78 is 18.3. The van der Waals surface area contributed by atoms with E-state index < -0.39 is 0 Å². The van der Waals surface area contributed by atoms with Gasteiger partial charge in [0.1, 0.15) is 29.5 Å². The molecule has 1 N–H and O–H groups in total. The van der Waals surface area contributed by atoms with Crippen LogP contribution in [0.2, 0.25) is 0 Å². The standard InChI is InChI=1S/C29H32O5/c1-19-10-12-23(27(20(19)2)32-17-21-8-6-5-7-9-21)25(31)18-33-28-22(16-30)11-13-26-24(28)14-15-29(3,4)34-26/h5-13,30H,14-18H2,1-4H3. The number of hydrogen-bond acceptors (Lipinski definition) is 5. The highest BCUT2D eigenvalue weighted by Gasteiger charge is 2.30. The molecule has 0 bridgehead atoms. The Labute approximate surface area is 201 Å². The summed E-state index contributed by atoms with van der Waals surface area (Å²) in [7, 11) is 0. The molecular weight excluding hydrogens is 428 g/mol. The molecule has 0 amide bonds. The molecule has 0 unspecified atom stereocenters. The van der Waals surface area contributed by atoms with Gasteiger partial charge in [-0.15, -0.1) is 0 Å². The van der Waals surface area contributed by atoms with E-state index >= 15 is 0 Å². The number of aliphatic hydroxyl groups is 1. The predicted octanol–water partition coefficient (Wildman–Crippen LogP) is 5.74. The van der Waals surface area contributed by atoms with Gasteiger partial charge in [0.2, 0.25) is 5.78 Å². The molecule has 5 heteroatoms.